The number of rotatable bonds is 5. The molecule has 0 aromatic heterocycles. The van der Waals surface area contributed by atoms with Crippen LogP contribution >= 0.6 is 39.1 Å². The summed E-state index contributed by atoms with van der Waals surface area (Å²) in [5, 5.41) is 1.12. The van der Waals surface area contributed by atoms with Crippen molar-refractivity contribution in [1.29, 1.82) is 0 Å². The molecule has 2 aromatic rings. The molecule has 0 spiro atoms. The third-order valence-electron chi connectivity index (χ3n) is 3.40. The van der Waals surface area contributed by atoms with Crippen molar-refractivity contribution in [3.63, 3.8) is 0 Å². The molecule has 2 aromatic carbocycles. The Hall–Kier alpha value is -0.580. The number of likely N-dealkylation sites (N-methyl/N-ethyl adjacent to an activating group) is 1. The molecule has 112 valence electrons. The fourth-order valence-electron chi connectivity index (χ4n) is 2.32. The quantitative estimate of drug-likeness (QED) is 0.791. The van der Waals surface area contributed by atoms with Gasteiger partial charge in [0.05, 0.1) is 10.0 Å². The van der Waals surface area contributed by atoms with Crippen LogP contribution in [-0.2, 0) is 6.54 Å². The fraction of sp³-hybridized carbons (Fsp3) is 0.250. The molecular formula is C16H17BrCl2N2. The van der Waals surface area contributed by atoms with Gasteiger partial charge in [-0.3, -0.25) is 4.90 Å². The molecule has 0 bridgehead atoms. The molecule has 0 aliphatic heterocycles. The summed E-state index contributed by atoms with van der Waals surface area (Å²) in [5.74, 6) is 0. The molecule has 0 amide bonds. The maximum atomic E-state index is 6.10. The van der Waals surface area contributed by atoms with Crippen LogP contribution in [-0.4, -0.2) is 18.5 Å². The second kappa shape index (κ2) is 7.61. The molecule has 2 nitrogen and oxygen atoms in total. The number of benzene rings is 2. The van der Waals surface area contributed by atoms with Crippen LogP contribution in [0.4, 0.5) is 0 Å². The van der Waals surface area contributed by atoms with Crippen molar-refractivity contribution in [1.82, 2.24) is 4.90 Å². The van der Waals surface area contributed by atoms with Crippen molar-refractivity contribution >= 4 is 39.1 Å². The second-order valence-corrected chi connectivity index (χ2v) is 6.70. The van der Waals surface area contributed by atoms with E-state index in [0.717, 1.165) is 16.6 Å². The molecule has 0 heterocycles. The smallest absolute Gasteiger partial charge is 0.0595 e. The van der Waals surface area contributed by atoms with Crippen LogP contribution in [0.2, 0.25) is 10.0 Å². The largest absolute Gasteiger partial charge is 0.329 e. The maximum absolute atomic E-state index is 6.10. The molecule has 0 saturated heterocycles. The summed E-state index contributed by atoms with van der Waals surface area (Å²) in [7, 11) is 2.06. The van der Waals surface area contributed by atoms with Crippen molar-refractivity contribution in [2.45, 2.75) is 12.6 Å². The predicted octanol–water partition coefficient (Wildman–Crippen LogP) is 4.89. The minimum absolute atomic E-state index is 0.0961. The van der Waals surface area contributed by atoms with Gasteiger partial charge in [-0.1, -0.05) is 57.3 Å². The number of nitrogens with zero attached hydrogens (tertiary/aromatic N) is 1. The van der Waals surface area contributed by atoms with Gasteiger partial charge in [-0.15, -0.1) is 0 Å². The van der Waals surface area contributed by atoms with E-state index in [9.17, 15) is 0 Å². The Bertz CT molecular complexity index is 619. The lowest BCUT2D eigenvalue weighted by atomic mass is 10.0. The van der Waals surface area contributed by atoms with E-state index in [1.807, 2.05) is 30.3 Å². The Kier molecular flexibility index (Phi) is 6.08. The second-order valence-electron chi connectivity index (χ2n) is 4.97. The van der Waals surface area contributed by atoms with Gasteiger partial charge in [0.15, 0.2) is 0 Å². The van der Waals surface area contributed by atoms with Crippen LogP contribution in [0.25, 0.3) is 0 Å². The molecule has 0 fully saturated rings. The minimum atomic E-state index is 0.0961. The molecule has 0 saturated carbocycles. The summed E-state index contributed by atoms with van der Waals surface area (Å²) in [6.07, 6.45) is 0. The SMILES string of the molecule is CN(Cc1cccc(Br)c1)C(CN)c1ccc(Cl)c(Cl)c1. The van der Waals surface area contributed by atoms with E-state index in [2.05, 4.69) is 40.0 Å². The van der Waals surface area contributed by atoms with Crippen molar-refractivity contribution in [2.75, 3.05) is 13.6 Å². The number of hydrogen-bond acceptors (Lipinski definition) is 2. The molecule has 2 rings (SSSR count). The summed E-state index contributed by atoms with van der Waals surface area (Å²) in [6.45, 7) is 1.32. The Balaban J connectivity index is 2.18. The molecule has 21 heavy (non-hydrogen) atoms. The van der Waals surface area contributed by atoms with E-state index >= 15 is 0 Å². The lowest BCUT2D eigenvalue weighted by Crippen LogP contribution is -2.30. The van der Waals surface area contributed by atoms with Gasteiger partial charge in [-0.2, -0.15) is 0 Å². The van der Waals surface area contributed by atoms with Gasteiger partial charge in [0.25, 0.3) is 0 Å². The van der Waals surface area contributed by atoms with Crippen LogP contribution in [0.3, 0.4) is 0 Å². The highest BCUT2D eigenvalue weighted by atomic mass is 79.9. The Morgan fingerprint density at radius 1 is 1.14 bits per heavy atom. The third kappa shape index (κ3) is 4.44. The summed E-state index contributed by atoms with van der Waals surface area (Å²) in [4.78, 5) is 2.21. The first-order valence-electron chi connectivity index (χ1n) is 6.61. The zero-order chi connectivity index (χ0) is 15.4. The average Bonchev–Trinajstić information content (AvgIpc) is 2.43. The maximum Gasteiger partial charge on any atom is 0.0595 e. The molecule has 2 N–H and O–H groups in total. The monoisotopic (exact) mass is 386 g/mol. The lowest BCUT2D eigenvalue weighted by Gasteiger charge is -2.27. The van der Waals surface area contributed by atoms with E-state index in [4.69, 9.17) is 28.9 Å². The van der Waals surface area contributed by atoms with Crippen LogP contribution in [0.5, 0.6) is 0 Å². The van der Waals surface area contributed by atoms with E-state index in [0.29, 0.717) is 16.6 Å². The normalized spacial score (nSPS) is 12.7. The van der Waals surface area contributed by atoms with E-state index in [-0.39, 0.29) is 6.04 Å². The highest BCUT2D eigenvalue weighted by Gasteiger charge is 2.16. The van der Waals surface area contributed by atoms with Crippen LogP contribution in [0.1, 0.15) is 17.2 Å². The molecule has 1 unspecified atom stereocenters. The predicted molar refractivity (Wildman–Crippen MR) is 93.9 cm³/mol. The third-order valence-corrected chi connectivity index (χ3v) is 4.64. The summed E-state index contributed by atoms with van der Waals surface area (Å²) in [5.41, 5.74) is 8.25. The molecule has 0 aliphatic carbocycles. The van der Waals surface area contributed by atoms with Crippen LogP contribution in [0.15, 0.2) is 46.9 Å². The molecule has 1 atom stereocenters. The summed E-state index contributed by atoms with van der Waals surface area (Å²) in [6, 6.07) is 14.0. The zero-order valence-electron chi connectivity index (χ0n) is 11.7. The van der Waals surface area contributed by atoms with E-state index in [1.54, 1.807) is 0 Å². The molecule has 0 aliphatic rings. The van der Waals surface area contributed by atoms with Crippen LogP contribution in [0, 0.1) is 0 Å². The summed E-state index contributed by atoms with van der Waals surface area (Å²) >= 11 is 15.6. The van der Waals surface area contributed by atoms with Gasteiger partial charge in [0, 0.05) is 23.6 Å². The van der Waals surface area contributed by atoms with Crippen molar-refractivity contribution < 1.29 is 0 Å². The number of hydrogen-bond donors (Lipinski definition) is 1. The zero-order valence-corrected chi connectivity index (χ0v) is 14.8. The highest BCUT2D eigenvalue weighted by Crippen LogP contribution is 2.28. The molecular weight excluding hydrogens is 371 g/mol. The number of nitrogens with two attached hydrogens (primary N) is 1. The van der Waals surface area contributed by atoms with Crippen molar-refractivity contribution in [3.8, 4) is 0 Å². The van der Waals surface area contributed by atoms with E-state index < -0.39 is 0 Å². The van der Waals surface area contributed by atoms with Gasteiger partial charge >= 0.3 is 0 Å². The Labute approximate surface area is 144 Å². The van der Waals surface area contributed by atoms with E-state index in [1.165, 1.54) is 5.56 Å². The number of halogens is 3. The van der Waals surface area contributed by atoms with Gasteiger partial charge in [0.1, 0.15) is 0 Å². The van der Waals surface area contributed by atoms with Crippen molar-refractivity contribution in [2.24, 2.45) is 5.73 Å². The first-order valence-corrected chi connectivity index (χ1v) is 8.16. The first-order chi connectivity index (χ1) is 10.0. The van der Waals surface area contributed by atoms with Gasteiger partial charge in [-0.05, 0) is 42.4 Å². The van der Waals surface area contributed by atoms with Crippen molar-refractivity contribution in [3.05, 3.63) is 68.1 Å². The highest BCUT2D eigenvalue weighted by molar-refractivity contribution is 9.10. The Morgan fingerprint density at radius 2 is 1.90 bits per heavy atom. The lowest BCUT2D eigenvalue weighted by molar-refractivity contribution is 0.242. The average molecular weight is 388 g/mol. The minimum Gasteiger partial charge on any atom is -0.329 e. The standard InChI is InChI=1S/C16H17BrCl2N2/c1-21(10-11-3-2-4-13(17)7-11)16(9-20)12-5-6-14(18)15(19)8-12/h2-8,16H,9-10,20H2,1H3. The van der Waals surface area contributed by atoms with Gasteiger partial charge < -0.3 is 5.73 Å². The summed E-state index contributed by atoms with van der Waals surface area (Å²) < 4.78 is 1.08. The fourth-order valence-corrected chi connectivity index (χ4v) is 3.08. The molecule has 0 radical (unpaired) electrons. The van der Waals surface area contributed by atoms with Gasteiger partial charge in [0.2, 0.25) is 0 Å². The topological polar surface area (TPSA) is 29.3 Å². The Morgan fingerprint density at radius 3 is 2.52 bits per heavy atom. The molecule has 5 heteroatoms. The first kappa shape index (κ1) is 16.8. The van der Waals surface area contributed by atoms with Crippen LogP contribution < -0.4 is 5.73 Å². The van der Waals surface area contributed by atoms with Gasteiger partial charge in [-0.25, -0.2) is 0 Å².